The fourth-order valence-corrected chi connectivity index (χ4v) is 3.00. The third-order valence-corrected chi connectivity index (χ3v) is 4.70. The fraction of sp³-hybridized carbons (Fsp3) is 0.591. The van der Waals surface area contributed by atoms with Crippen LogP contribution in [0.2, 0.25) is 0 Å². The first-order chi connectivity index (χ1) is 14.0. The Hall–Kier alpha value is -2.22. The molecule has 1 aromatic rings. The van der Waals surface area contributed by atoms with Gasteiger partial charge in [-0.05, 0) is 50.7 Å². The van der Waals surface area contributed by atoms with Crippen LogP contribution < -0.4 is 10.6 Å². The van der Waals surface area contributed by atoms with Crippen LogP contribution in [0, 0.1) is 5.92 Å². The van der Waals surface area contributed by atoms with E-state index in [0.29, 0.717) is 12.2 Å². The van der Waals surface area contributed by atoms with Gasteiger partial charge in [-0.15, -0.1) is 0 Å². The minimum atomic E-state index is -0.815. The highest BCUT2D eigenvalue weighted by Gasteiger charge is 2.32. The van der Waals surface area contributed by atoms with Crippen LogP contribution in [-0.4, -0.2) is 47.7 Å². The summed E-state index contributed by atoms with van der Waals surface area (Å²) < 4.78 is 10.6. The fourth-order valence-electron chi connectivity index (χ4n) is 2.53. The van der Waals surface area contributed by atoms with Gasteiger partial charge in [0.05, 0.1) is 0 Å². The van der Waals surface area contributed by atoms with Gasteiger partial charge < -0.3 is 20.1 Å². The first kappa shape index (κ1) is 25.8. The predicted octanol–water partition coefficient (Wildman–Crippen LogP) is 3.52. The first-order valence-corrected chi connectivity index (χ1v) is 11.4. The van der Waals surface area contributed by atoms with E-state index >= 15 is 0 Å². The van der Waals surface area contributed by atoms with Crippen LogP contribution in [0.25, 0.3) is 0 Å². The number of thioether (sulfide) groups is 1. The maximum Gasteiger partial charge on any atom is 0.408 e. The molecule has 1 aromatic carbocycles. The zero-order valence-corrected chi connectivity index (χ0v) is 19.5. The van der Waals surface area contributed by atoms with Crippen molar-refractivity contribution in [1.29, 1.82) is 0 Å². The lowest BCUT2D eigenvalue weighted by Crippen LogP contribution is -2.54. The third kappa shape index (κ3) is 10.0. The van der Waals surface area contributed by atoms with E-state index in [1.54, 1.807) is 32.5 Å². The Kier molecular flexibility index (Phi) is 10.7. The SMILES string of the molecule is CSCCC(NC(=O)OCc1ccccc1)C(=O)NC(C(=O)OC(C)(C)C)C(C)C. The zero-order valence-electron chi connectivity index (χ0n) is 18.7. The largest absolute Gasteiger partial charge is 0.458 e. The van der Waals surface area contributed by atoms with Gasteiger partial charge in [0.1, 0.15) is 24.3 Å². The number of carbonyl (C=O) groups is 3. The summed E-state index contributed by atoms with van der Waals surface area (Å²) >= 11 is 1.56. The van der Waals surface area contributed by atoms with Gasteiger partial charge in [-0.3, -0.25) is 4.79 Å². The Labute approximate surface area is 183 Å². The summed E-state index contributed by atoms with van der Waals surface area (Å²) in [6.07, 6.45) is 1.64. The quantitative estimate of drug-likeness (QED) is 0.543. The molecule has 2 N–H and O–H groups in total. The van der Waals surface area contributed by atoms with E-state index in [1.165, 1.54) is 0 Å². The lowest BCUT2D eigenvalue weighted by Gasteiger charge is -2.28. The molecule has 0 aromatic heterocycles. The summed E-state index contributed by atoms with van der Waals surface area (Å²) in [5, 5.41) is 5.35. The van der Waals surface area contributed by atoms with E-state index in [-0.39, 0.29) is 12.5 Å². The van der Waals surface area contributed by atoms with E-state index in [0.717, 1.165) is 5.56 Å². The van der Waals surface area contributed by atoms with Crippen LogP contribution in [0.4, 0.5) is 4.79 Å². The van der Waals surface area contributed by atoms with Crippen molar-refractivity contribution in [3.05, 3.63) is 35.9 Å². The lowest BCUT2D eigenvalue weighted by atomic mass is 10.0. The molecule has 0 fully saturated rings. The predicted molar refractivity (Wildman–Crippen MR) is 119 cm³/mol. The Bertz CT molecular complexity index is 689. The van der Waals surface area contributed by atoms with Crippen molar-refractivity contribution >= 4 is 29.7 Å². The van der Waals surface area contributed by atoms with Crippen molar-refractivity contribution in [1.82, 2.24) is 10.6 Å². The number of hydrogen-bond acceptors (Lipinski definition) is 6. The number of carbonyl (C=O) groups excluding carboxylic acids is 3. The Morgan fingerprint density at radius 3 is 2.23 bits per heavy atom. The molecule has 0 heterocycles. The second-order valence-electron chi connectivity index (χ2n) is 8.30. The standard InChI is InChI=1S/C22H34N2O5S/c1-15(2)18(20(26)29-22(3,4)5)24-19(25)17(12-13-30-6)23-21(27)28-14-16-10-8-7-9-11-16/h7-11,15,17-18H,12-14H2,1-6H3,(H,23,27)(H,24,25). The zero-order chi connectivity index (χ0) is 22.7. The van der Waals surface area contributed by atoms with Crippen LogP contribution in [0.1, 0.15) is 46.6 Å². The number of amides is 2. The van der Waals surface area contributed by atoms with Crippen LogP contribution in [0.5, 0.6) is 0 Å². The molecule has 0 saturated heterocycles. The number of esters is 1. The number of benzene rings is 1. The highest BCUT2D eigenvalue weighted by Crippen LogP contribution is 2.13. The highest BCUT2D eigenvalue weighted by atomic mass is 32.2. The Balaban J connectivity index is 2.75. The molecule has 2 atom stereocenters. The normalized spacial score (nSPS) is 13.3. The van der Waals surface area contributed by atoms with Crippen molar-refractivity contribution in [2.45, 2.75) is 65.3 Å². The topological polar surface area (TPSA) is 93.7 Å². The lowest BCUT2D eigenvalue weighted by molar-refractivity contribution is -0.160. The number of ether oxygens (including phenoxy) is 2. The molecule has 8 heteroatoms. The van der Waals surface area contributed by atoms with Crippen LogP contribution >= 0.6 is 11.8 Å². The van der Waals surface area contributed by atoms with E-state index in [9.17, 15) is 14.4 Å². The van der Waals surface area contributed by atoms with Gasteiger partial charge in [-0.1, -0.05) is 44.2 Å². The molecule has 7 nitrogen and oxygen atoms in total. The van der Waals surface area contributed by atoms with Gasteiger partial charge in [-0.25, -0.2) is 9.59 Å². The molecule has 0 radical (unpaired) electrons. The van der Waals surface area contributed by atoms with Crippen molar-refractivity contribution in [2.75, 3.05) is 12.0 Å². The first-order valence-electron chi connectivity index (χ1n) is 10.0. The highest BCUT2D eigenvalue weighted by molar-refractivity contribution is 7.98. The molecule has 2 amide bonds. The monoisotopic (exact) mass is 438 g/mol. The summed E-state index contributed by atoms with van der Waals surface area (Å²) in [5.74, 6) is -0.447. The second kappa shape index (κ2) is 12.5. The maximum atomic E-state index is 12.8. The molecule has 0 saturated carbocycles. The molecule has 30 heavy (non-hydrogen) atoms. The number of hydrogen-bond donors (Lipinski definition) is 2. The van der Waals surface area contributed by atoms with E-state index in [4.69, 9.17) is 9.47 Å². The minimum absolute atomic E-state index is 0.107. The van der Waals surface area contributed by atoms with Gasteiger partial charge >= 0.3 is 12.1 Å². The van der Waals surface area contributed by atoms with Crippen molar-refractivity contribution in [2.24, 2.45) is 5.92 Å². The van der Waals surface area contributed by atoms with Crippen LogP contribution in [0.3, 0.4) is 0 Å². The molecular formula is C22H34N2O5S. The maximum absolute atomic E-state index is 12.8. The second-order valence-corrected chi connectivity index (χ2v) is 9.29. The van der Waals surface area contributed by atoms with Crippen molar-refractivity contribution in [3.8, 4) is 0 Å². The smallest absolute Gasteiger partial charge is 0.408 e. The van der Waals surface area contributed by atoms with Crippen molar-refractivity contribution < 1.29 is 23.9 Å². The average Bonchev–Trinajstić information content (AvgIpc) is 2.66. The van der Waals surface area contributed by atoms with E-state index in [2.05, 4.69) is 10.6 Å². The molecular weight excluding hydrogens is 404 g/mol. The van der Waals surface area contributed by atoms with Gasteiger partial charge in [-0.2, -0.15) is 11.8 Å². The molecule has 2 unspecified atom stereocenters. The number of rotatable bonds is 10. The van der Waals surface area contributed by atoms with E-state index < -0.39 is 35.7 Å². The summed E-state index contributed by atoms with van der Waals surface area (Å²) in [4.78, 5) is 37.6. The summed E-state index contributed by atoms with van der Waals surface area (Å²) in [6, 6.07) is 7.66. The van der Waals surface area contributed by atoms with Crippen LogP contribution in [-0.2, 0) is 25.7 Å². The summed E-state index contributed by atoms with van der Waals surface area (Å²) in [5.41, 5.74) is 0.190. The molecule has 1 rings (SSSR count). The Morgan fingerprint density at radius 2 is 1.70 bits per heavy atom. The van der Waals surface area contributed by atoms with Crippen LogP contribution in [0.15, 0.2) is 30.3 Å². The van der Waals surface area contributed by atoms with E-state index in [1.807, 2.05) is 50.4 Å². The molecule has 0 aliphatic rings. The third-order valence-electron chi connectivity index (χ3n) is 4.06. The summed E-state index contributed by atoms with van der Waals surface area (Å²) in [7, 11) is 0. The molecule has 0 aliphatic carbocycles. The average molecular weight is 439 g/mol. The van der Waals surface area contributed by atoms with Gasteiger partial charge in [0.25, 0.3) is 0 Å². The number of alkyl carbamates (subject to hydrolysis) is 1. The minimum Gasteiger partial charge on any atom is -0.458 e. The molecule has 168 valence electrons. The Morgan fingerprint density at radius 1 is 1.07 bits per heavy atom. The molecule has 0 spiro atoms. The summed E-state index contributed by atoms with van der Waals surface area (Å²) in [6.45, 7) is 9.08. The van der Waals surface area contributed by atoms with Gasteiger partial charge in [0, 0.05) is 0 Å². The molecule has 0 aliphatic heterocycles. The number of nitrogens with one attached hydrogen (secondary N) is 2. The van der Waals surface area contributed by atoms with Gasteiger partial charge in [0.2, 0.25) is 5.91 Å². The molecule has 0 bridgehead atoms. The van der Waals surface area contributed by atoms with Gasteiger partial charge in [0.15, 0.2) is 0 Å². The van der Waals surface area contributed by atoms with Crippen molar-refractivity contribution in [3.63, 3.8) is 0 Å².